The largest absolute Gasteiger partial charge is 0.508 e. The fraction of sp³-hybridized carbons (Fsp3) is 0.523. The molecule has 15 bridgehead atoms. The van der Waals surface area contributed by atoms with Crippen LogP contribution in [-0.2, 0) is 62.0 Å². The molecule has 5 fully saturated rings. The number of likely N-dealkylation sites (N-methyl/N-ethyl adjacent to an activating group) is 1. The number of aromatic hydroxyl groups is 3. The van der Waals surface area contributed by atoms with E-state index in [2.05, 4.69) is 53.2 Å². The quantitative estimate of drug-likeness (QED) is 0.0504. The van der Waals surface area contributed by atoms with Gasteiger partial charge in [0.15, 0.2) is 11.5 Å². The molecule has 10 aliphatic rings. The number of hydrogen-bond acceptors (Lipinski definition) is 27. The molecule has 676 valence electrons. The third-order valence-electron chi connectivity index (χ3n) is 22.8. The van der Waals surface area contributed by atoms with E-state index in [0.717, 1.165) is 85.5 Å². The van der Waals surface area contributed by atoms with Crippen molar-refractivity contribution in [2.75, 3.05) is 47.1 Å². The van der Waals surface area contributed by atoms with E-state index in [1.54, 1.807) is 55.4 Å². The first-order valence-electron chi connectivity index (χ1n) is 41.2. The van der Waals surface area contributed by atoms with E-state index in [9.17, 15) is 60.0 Å². The maximum atomic E-state index is 16.6. The van der Waals surface area contributed by atoms with Crippen molar-refractivity contribution in [2.24, 2.45) is 29.6 Å². The van der Waals surface area contributed by atoms with Crippen LogP contribution in [0.15, 0.2) is 78.9 Å². The maximum Gasteiger partial charge on any atom is 0.410 e. The number of phenolic OH excluding ortho intramolecular Hbond substituents is 3. The molecule has 15 rings (SSSR count). The van der Waals surface area contributed by atoms with Gasteiger partial charge in [0.2, 0.25) is 59.3 Å². The van der Waals surface area contributed by atoms with E-state index < -0.39 is 226 Å². The highest BCUT2D eigenvalue weighted by atomic mass is 35.5. The zero-order valence-electron chi connectivity index (χ0n) is 70.7. The van der Waals surface area contributed by atoms with Crippen molar-refractivity contribution in [3.05, 3.63) is 117 Å². The first-order valence-corrected chi connectivity index (χ1v) is 41.6. The highest BCUT2D eigenvalue weighted by molar-refractivity contribution is 6.32. The van der Waals surface area contributed by atoms with Gasteiger partial charge in [0, 0.05) is 50.5 Å². The maximum absolute atomic E-state index is 16.6. The number of methoxy groups -OCH3 is 1. The summed E-state index contributed by atoms with van der Waals surface area (Å²) in [5.74, 6) is -14.2. The first-order chi connectivity index (χ1) is 59.0. The van der Waals surface area contributed by atoms with Crippen LogP contribution in [0.2, 0.25) is 5.02 Å². The lowest BCUT2D eigenvalue weighted by Gasteiger charge is -2.54. The summed E-state index contributed by atoms with van der Waals surface area (Å²) in [6.45, 7) is 13.9. The third-order valence-corrected chi connectivity index (χ3v) is 23.1. The van der Waals surface area contributed by atoms with Crippen molar-refractivity contribution in [1.29, 1.82) is 0 Å². The average Bonchev–Trinajstić information content (AvgIpc) is 0.766. The summed E-state index contributed by atoms with van der Waals surface area (Å²) in [7, 11) is 2.71. The number of phenols is 3. The number of rotatable bonds is 19. The van der Waals surface area contributed by atoms with Crippen LogP contribution in [-0.4, -0.2) is 230 Å². The number of carbonyl (C=O) groups is 11. The number of carbonyl (C=O) groups excluding carboxylic acids is 11. The van der Waals surface area contributed by atoms with Crippen molar-refractivity contribution in [3.8, 4) is 57.1 Å². The molecule has 4 aliphatic carbocycles. The Morgan fingerprint density at radius 2 is 1.25 bits per heavy atom. The van der Waals surface area contributed by atoms with Gasteiger partial charge in [0.1, 0.15) is 119 Å². The number of aliphatic hydroxyl groups is 5. The SMILES string of the molecule is COCCOCCNC(=O)NC(=O)C[C@@H]1NC(=O)[C@H](NC(=O)[C@@H](CC(C)C)N(C)C(=O)OC(C)(C)C)[C@H](O)c2ccc(c(C)c2)Oc2cc3cc(c2O[C@@H]2O[C@H](CNC(=O)OC(C)(C)C)[C@@H](O)[C@H](O)[C@H]2O)Oc2ccc(cc2Cl)[C@@H](O)[C@@H]2NC(=O)[C@H](NC(=O)C3NC1=O)c1ccc(O)c(c1)-c1c(O)cc(O)cc1[C@@H](C(=O)NC1C3CC4CC(C3)CC1C4)NC2=O. The van der Waals surface area contributed by atoms with Gasteiger partial charge in [-0.25, -0.2) is 14.4 Å². The van der Waals surface area contributed by atoms with Crippen LogP contribution in [0, 0.1) is 36.5 Å². The molecule has 38 nitrogen and oxygen atoms in total. The average molecular weight is 1760 g/mol. The van der Waals surface area contributed by atoms with Gasteiger partial charge in [-0.05, 0) is 205 Å². The van der Waals surface area contributed by atoms with Gasteiger partial charge < -0.3 is 127 Å². The molecule has 18 N–H and O–H groups in total. The second-order valence-electron chi connectivity index (χ2n) is 35.0. The van der Waals surface area contributed by atoms with Crippen LogP contribution in [0.5, 0.6) is 46.0 Å². The molecule has 5 aromatic carbocycles. The second-order valence-corrected chi connectivity index (χ2v) is 35.5. The Labute approximate surface area is 724 Å². The number of aryl methyl sites for hydroxylation is 1. The van der Waals surface area contributed by atoms with Gasteiger partial charge in [0.05, 0.1) is 31.3 Å². The van der Waals surface area contributed by atoms with Crippen LogP contribution in [0.4, 0.5) is 14.4 Å². The molecule has 1 saturated heterocycles. The Hall–Kier alpha value is -11.4. The molecule has 0 spiro atoms. The normalized spacial score (nSPS) is 26.8. The van der Waals surface area contributed by atoms with Crippen molar-refractivity contribution < 1.29 is 131 Å². The zero-order chi connectivity index (χ0) is 90.7. The fourth-order valence-corrected chi connectivity index (χ4v) is 17.3. The van der Waals surface area contributed by atoms with Gasteiger partial charge in [0.25, 0.3) is 0 Å². The second kappa shape index (κ2) is 38.6. The number of nitrogens with one attached hydrogen (secondary N) is 10. The molecule has 14 atom stereocenters. The number of halogens is 1. The van der Waals surface area contributed by atoms with Crippen molar-refractivity contribution >= 4 is 77.1 Å². The number of urea groups is 1. The van der Waals surface area contributed by atoms with E-state index >= 15 is 33.6 Å². The van der Waals surface area contributed by atoms with E-state index in [0.29, 0.717) is 11.8 Å². The minimum atomic E-state index is -2.43. The molecule has 1 unspecified atom stereocenters. The number of hydrogen-bond donors (Lipinski definition) is 18. The number of aliphatic hydroxyl groups excluding tert-OH is 5. The van der Waals surface area contributed by atoms with Gasteiger partial charge in [-0.1, -0.05) is 43.6 Å². The topological polar surface area (TPSA) is 547 Å². The Morgan fingerprint density at radius 1 is 0.624 bits per heavy atom. The number of imide groups is 1. The molecule has 6 aliphatic heterocycles. The lowest BCUT2D eigenvalue weighted by Crippen LogP contribution is -2.61. The molecule has 5 aromatic rings. The van der Waals surface area contributed by atoms with Crippen LogP contribution < -0.4 is 67.4 Å². The van der Waals surface area contributed by atoms with Crippen LogP contribution in [0.1, 0.15) is 164 Å². The van der Waals surface area contributed by atoms with Crippen molar-refractivity contribution in [3.63, 3.8) is 0 Å². The van der Waals surface area contributed by atoms with Crippen LogP contribution in [0.3, 0.4) is 0 Å². The van der Waals surface area contributed by atoms with E-state index in [-0.39, 0.29) is 101 Å². The molecule has 4 saturated carbocycles. The predicted molar refractivity (Wildman–Crippen MR) is 441 cm³/mol. The fourth-order valence-electron chi connectivity index (χ4n) is 17.1. The number of ether oxygens (including phenoxy) is 8. The Balaban J connectivity index is 1.05. The summed E-state index contributed by atoms with van der Waals surface area (Å²) in [6, 6.07) is -1.76. The summed E-state index contributed by atoms with van der Waals surface area (Å²) >= 11 is 7.24. The molecular formula is C86H108ClN11O27. The smallest absolute Gasteiger partial charge is 0.410 e. The van der Waals surface area contributed by atoms with Gasteiger partial charge in [-0.2, -0.15) is 0 Å². The Bertz CT molecular complexity index is 4920. The van der Waals surface area contributed by atoms with Crippen LogP contribution in [0.25, 0.3) is 11.1 Å². The number of fused-ring (bicyclic) bond motifs is 15. The summed E-state index contributed by atoms with van der Waals surface area (Å²) in [5.41, 5.74) is -4.29. The monoisotopic (exact) mass is 1760 g/mol. The highest BCUT2D eigenvalue weighted by Gasteiger charge is 2.52. The summed E-state index contributed by atoms with van der Waals surface area (Å²) in [4.78, 5) is 167. The first kappa shape index (κ1) is 92.8. The summed E-state index contributed by atoms with van der Waals surface area (Å²) in [5, 5.41) is 121. The molecule has 6 heterocycles. The number of nitrogens with zero attached hydrogens (tertiary/aromatic N) is 1. The molecular weight excluding hydrogens is 1650 g/mol. The van der Waals surface area contributed by atoms with Gasteiger partial charge in [-0.15, -0.1) is 0 Å². The number of alkyl carbamates (subject to hydrolysis) is 1. The van der Waals surface area contributed by atoms with Crippen molar-refractivity contribution in [1.82, 2.24) is 58.1 Å². The summed E-state index contributed by atoms with van der Waals surface area (Å²) < 4.78 is 47.7. The van der Waals surface area contributed by atoms with Gasteiger partial charge >= 0.3 is 18.2 Å². The minimum Gasteiger partial charge on any atom is -0.508 e. The lowest BCUT2D eigenvalue weighted by molar-refractivity contribution is -0.270. The third kappa shape index (κ3) is 21.9. The minimum absolute atomic E-state index is 0.0494. The molecule has 125 heavy (non-hydrogen) atoms. The summed E-state index contributed by atoms with van der Waals surface area (Å²) in [6.07, 6.45) is -13.4. The highest BCUT2D eigenvalue weighted by Crippen LogP contribution is 2.55. The lowest BCUT2D eigenvalue weighted by atomic mass is 9.54. The van der Waals surface area contributed by atoms with E-state index in [4.69, 9.17) is 49.5 Å². The molecule has 0 radical (unpaired) electrons. The Kier molecular flexibility index (Phi) is 28.7. The molecule has 0 aromatic heterocycles. The van der Waals surface area contributed by atoms with Crippen molar-refractivity contribution in [2.45, 2.75) is 210 Å². The van der Waals surface area contributed by atoms with E-state index in [1.165, 1.54) is 51.4 Å². The van der Waals surface area contributed by atoms with Gasteiger partial charge in [-0.3, -0.25) is 48.6 Å². The van der Waals surface area contributed by atoms with Crippen LogP contribution >= 0.6 is 11.6 Å². The van der Waals surface area contributed by atoms with E-state index in [1.807, 2.05) is 0 Å². The molecule has 39 heteroatoms. The standard InChI is InChI=1S/C86H108ClN11O27/c1-37(2)22-52(98(10)84(117)125-86(7,8)9)75(109)96-66-68(103)42-13-16-55(38(3)23-42)120-57-31-46-32-58(73(57)123-81-72(107)71(106)70(105)59(122-81)36-89-83(116)124-85(4,5)6)121-56-17-14-43(30-50(56)87)69(104)67-80(114)95-65(78(112)92-62-44-25-39-24-40(27-44)28-45(62)26-39)49-33-47(99)34-54(101)61(49)48-29-41(12-15-53(48)100)63(76(110)97-67)94-77(111)64(46)93-74(108)51(90-79(66)113)35-60(102)91-82(115)88-18-19-119-21-20-118-11/h12-17,23,29-34,37,39-40,44-45,51-52,59,62-72,81,99-101,103-107H,18-22,24-28,35-36H2,1-11H3,(H,89,116)(H,90,113)(H,92,112)(H,93,108)(H,94,111)(H,95,114)(H,96,109)(H,97,110)(H2,88,91,102,115)/t39?,40?,44?,45?,51-,52+,59+,62?,63+,64?,65-,66+,67-,68+,69+,70+,71-,72+,81-/m0/s1. The number of benzene rings is 5. The Morgan fingerprint density at radius 3 is 1.89 bits per heavy atom. The molecule has 12 amide bonds. The number of amides is 12. The predicted octanol–water partition coefficient (Wildman–Crippen LogP) is 4.56. The zero-order valence-corrected chi connectivity index (χ0v) is 71.5.